The molecule has 0 fully saturated rings. The first-order valence-electron chi connectivity index (χ1n) is 8.43. The molecule has 0 atom stereocenters. The molecule has 1 aromatic heterocycles. The van der Waals surface area contributed by atoms with Gasteiger partial charge in [0.2, 0.25) is 11.7 Å². The van der Waals surface area contributed by atoms with E-state index >= 15 is 0 Å². The van der Waals surface area contributed by atoms with Gasteiger partial charge >= 0.3 is 0 Å². The van der Waals surface area contributed by atoms with Crippen LogP contribution >= 0.6 is 11.6 Å². The molecular weight excluding hydrogens is 420 g/mol. The van der Waals surface area contributed by atoms with Crippen molar-refractivity contribution in [2.75, 3.05) is 21.3 Å². The number of nitrogens with zero attached hydrogens (tertiary/aromatic N) is 2. The zero-order chi connectivity index (χ0) is 21.0. The van der Waals surface area contributed by atoms with E-state index in [0.717, 1.165) is 0 Å². The van der Waals surface area contributed by atoms with E-state index in [0.29, 0.717) is 33.4 Å². The van der Waals surface area contributed by atoms with Gasteiger partial charge < -0.3 is 18.7 Å². The normalized spacial score (nSPS) is 11.3. The molecule has 0 aliphatic heterocycles. The maximum absolute atomic E-state index is 12.6. The monoisotopic (exact) mass is 438 g/mol. The number of ether oxygens (including phenoxy) is 3. The minimum atomic E-state index is -3.61. The van der Waals surface area contributed by atoms with Crippen LogP contribution in [-0.2, 0) is 21.3 Å². The summed E-state index contributed by atoms with van der Waals surface area (Å²) in [4.78, 5) is 4.19. The summed E-state index contributed by atoms with van der Waals surface area (Å²) >= 11 is 5.97. The van der Waals surface area contributed by atoms with Gasteiger partial charge in [0.25, 0.3) is 0 Å². The topological polar surface area (TPSA) is 101 Å². The van der Waals surface area contributed by atoms with Crippen LogP contribution in [0.3, 0.4) is 0 Å². The fourth-order valence-corrected chi connectivity index (χ4v) is 4.23. The Morgan fingerprint density at radius 2 is 1.62 bits per heavy atom. The van der Waals surface area contributed by atoms with Crippen LogP contribution in [0.25, 0.3) is 11.4 Å². The van der Waals surface area contributed by atoms with Crippen LogP contribution in [0.5, 0.6) is 17.2 Å². The van der Waals surface area contributed by atoms with Gasteiger partial charge in [-0.15, -0.1) is 0 Å². The average molecular weight is 439 g/mol. The van der Waals surface area contributed by atoms with Crippen LogP contribution in [0, 0.1) is 0 Å². The van der Waals surface area contributed by atoms with E-state index in [2.05, 4.69) is 10.1 Å². The first-order chi connectivity index (χ1) is 13.8. The number of hydrogen-bond donors (Lipinski definition) is 0. The molecule has 8 nitrogen and oxygen atoms in total. The number of sulfone groups is 1. The molecule has 0 bridgehead atoms. The minimum absolute atomic E-state index is 0.0178. The summed E-state index contributed by atoms with van der Waals surface area (Å²) in [5.41, 5.74) is 1.06. The van der Waals surface area contributed by atoms with Crippen LogP contribution in [0.4, 0.5) is 0 Å². The van der Waals surface area contributed by atoms with Crippen molar-refractivity contribution in [3.63, 3.8) is 0 Å². The summed E-state index contributed by atoms with van der Waals surface area (Å²) in [6.07, 6.45) is 0. The summed E-state index contributed by atoms with van der Waals surface area (Å²) in [5.74, 6) is 1.03. The van der Waals surface area contributed by atoms with Gasteiger partial charge in [0.1, 0.15) is 11.5 Å². The Morgan fingerprint density at radius 3 is 2.31 bits per heavy atom. The van der Waals surface area contributed by atoms with Gasteiger partial charge in [0.05, 0.1) is 27.1 Å². The minimum Gasteiger partial charge on any atom is -0.496 e. The zero-order valence-corrected chi connectivity index (χ0v) is 17.6. The number of hydrogen-bond acceptors (Lipinski definition) is 8. The molecule has 2 aromatic carbocycles. The lowest BCUT2D eigenvalue weighted by Crippen LogP contribution is -2.09. The second-order valence-corrected chi connectivity index (χ2v) is 8.57. The molecule has 3 rings (SSSR count). The van der Waals surface area contributed by atoms with E-state index < -0.39 is 15.6 Å². The van der Waals surface area contributed by atoms with E-state index in [1.165, 1.54) is 21.3 Å². The molecule has 0 N–H and O–H groups in total. The first-order valence-corrected chi connectivity index (χ1v) is 10.6. The van der Waals surface area contributed by atoms with Crippen molar-refractivity contribution in [1.82, 2.24) is 10.1 Å². The van der Waals surface area contributed by atoms with E-state index in [1.807, 2.05) is 0 Å². The number of methoxy groups -OCH3 is 3. The Bertz CT molecular complexity index is 1110. The van der Waals surface area contributed by atoms with Crippen molar-refractivity contribution >= 4 is 21.4 Å². The Labute approximate surface area is 173 Å². The highest BCUT2D eigenvalue weighted by atomic mass is 35.5. The third kappa shape index (κ3) is 4.99. The SMILES string of the molecule is COc1ccc(Cl)cc1CS(=O)(=O)Cc1nc(-c2ccc(OC)c(OC)c2)no1. The van der Waals surface area contributed by atoms with Crippen molar-refractivity contribution in [2.24, 2.45) is 0 Å². The van der Waals surface area contributed by atoms with Gasteiger partial charge in [-0.3, -0.25) is 0 Å². The Hall–Kier alpha value is -2.78. The molecule has 0 aliphatic carbocycles. The molecule has 29 heavy (non-hydrogen) atoms. The number of halogens is 1. The van der Waals surface area contributed by atoms with E-state index in [1.54, 1.807) is 36.4 Å². The maximum Gasteiger partial charge on any atom is 0.242 e. The molecule has 0 amide bonds. The van der Waals surface area contributed by atoms with Crippen molar-refractivity contribution in [3.05, 3.63) is 52.9 Å². The quantitative estimate of drug-likeness (QED) is 0.526. The van der Waals surface area contributed by atoms with Crippen LogP contribution in [-0.4, -0.2) is 39.9 Å². The van der Waals surface area contributed by atoms with Crippen LogP contribution in [0.15, 0.2) is 40.9 Å². The third-order valence-electron chi connectivity index (χ3n) is 4.07. The van der Waals surface area contributed by atoms with Gasteiger partial charge in [-0.2, -0.15) is 4.98 Å². The standard InChI is InChI=1S/C19H19ClN2O6S/c1-25-15-7-5-14(20)8-13(15)10-29(23,24)11-18-21-19(22-28-18)12-4-6-16(26-2)17(9-12)27-3/h4-9H,10-11H2,1-3H3. The number of aromatic nitrogens is 2. The van der Waals surface area contributed by atoms with Gasteiger partial charge in [-0.25, -0.2) is 8.42 Å². The maximum atomic E-state index is 12.6. The molecule has 0 saturated carbocycles. The van der Waals surface area contributed by atoms with E-state index in [4.69, 9.17) is 30.3 Å². The Balaban J connectivity index is 1.80. The fraction of sp³-hybridized carbons (Fsp3) is 0.263. The van der Waals surface area contributed by atoms with Crippen molar-refractivity contribution < 1.29 is 27.2 Å². The van der Waals surface area contributed by atoms with Gasteiger partial charge in [0, 0.05) is 16.1 Å². The van der Waals surface area contributed by atoms with E-state index in [-0.39, 0.29) is 17.5 Å². The molecule has 0 unspecified atom stereocenters. The molecule has 3 aromatic rings. The summed E-state index contributed by atoms with van der Waals surface area (Å²) < 4.78 is 46.0. The van der Waals surface area contributed by atoms with Gasteiger partial charge in [0.15, 0.2) is 21.3 Å². The second-order valence-electron chi connectivity index (χ2n) is 6.07. The lowest BCUT2D eigenvalue weighted by molar-refractivity contribution is 0.355. The first kappa shape index (κ1) is 20.9. The molecule has 0 radical (unpaired) electrons. The summed E-state index contributed by atoms with van der Waals surface area (Å²) in [6.45, 7) is 0. The van der Waals surface area contributed by atoms with Crippen LogP contribution < -0.4 is 14.2 Å². The average Bonchev–Trinajstić information content (AvgIpc) is 3.14. The predicted octanol–water partition coefficient (Wildman–Crippen LogP) is 3.53. The third-order valence-corrected chi connectivity index (χ3v) is 5.74. The largest absolute Gasteiger partial charge is 0.496 e. The van der Waals surface area contributed by atoms with Crippen molar-refractivity contribution in [2.45, 2.75) is 11.5 Å². The molecule has 154 valence electrons. The molecular formula is C19H19ClN2O6S. The highest BCUT2D eigenvalue weighted by Gasteiger charge is 2.21. The van der Waals surface area contributed by atoms with Crippen molar-refractivity contribution in [1.29, 1.82) is 0 Å². The molecule has 0 aliphatic rings. The lowest BCUT2D eigenvalue weighted by atomic mass is 10.2. The Kier molecular flexibility index (Phi) is 6.29. The number of benzene rings is 2. The molecule has 0 saturated heterocycles. The Morgan fingerprint density at radius 1 is 0.931 bits per heavy atom. The summed E-state index contributed by atoms with van der Waals surface area (Å²) in [7, 11) is 0.901. The molecule has 10 heteroatoms. The molecule has 0 spiro atoms. The zero-order valence-electron chi connectivity index (χ0n) is 16.0. The van der Waals surface area contributed by atoms with Crippen LogP contribution in [0.1, 0.15) is 11.5 Å². The summed E-state index contributed by atoms with van der Waals surface area (Å²) in [6, 6.07) is 9.91. The van der Waals surface area contributed by atoms with Crippen molar-refractivity contribution in [3.8, 4) is 28.6 Å². The highest BCUT2D eigenvalue weighted by Crippen LogP contribution is 2.31. The smallest absolute Gasteiger partial charge is 0.242 e. The predicted molar refractivity (Wildman–Crippen MR) is 107 cm³/mol. The fourth-order valence-electron chi connectivity index (χ4n) is 2.74. The summed E-state index contributed by atoms with van der Waals surface area (Å²) in [5, 5.41) is 4.28. The lowest BCUT2D eigenvalue weighted by Gasteiger charge is -2.08. The molecule has 1 heterocycles. The van der Waals surface area contributed by atoms with E-state index in [9.17, 15) is 8.42 Å². The van der Waals surface area contributed by atoms with Gasteiger partial charge in [-0.1, -0.05) is 16.8 Å². The van der Waals surface area contributed by atoms with Crippen LogP contribution in [0.2, 0.25) is 5.02 Å². The van der Waals surface area contributed by atoms with Gasteiger partial charge in [-0.05, 0) is 36.4 Å². The second kappa shape index (κ2) is 8.71. The number of rotatable bonds is 8. The highest BCUT2D eigenvalue weighted by molar-refractivity contribution is 7.89.